The summed E-state index contributed by atoms with van der Waals surface area (Å²) in [6, 6.07) is 5.43. The summed E-state index contributed by atoms with van der Waals surface area (Å²) in [4.78, 5) is 14.9. The average Bonchev–Trinajstić information content (AvgIpc) is 2.66. The highest BCUT2D eigenvalue weighted by atomic mass is 32.2. The molecule has 2 N–H and O–H groups in total. The number of amides is 1. The van der Waals surface area contributed by atoms with E-state index in [2.05, 4.69) is 22.5 Å². The van der Waals surface area contributed by atoms with E-state index in [0.717, 1.165) is 38.9 Å². The summed E-state index contributed by atoms with van der Waals surface area (Å²) < 4.78 is 27.6. The van der Waals surface area contributed by atoms with Gasteiger partial charge in [0.05, 0.1) is 11.4 Å². The molecule has 2 fully saturated rings. The number of benzene rings is 1. The van der Waals surface area contributed by atoms with Gasteiger partial charge in [-0.25, -0.2) is 8.42 Å². The molecule has 2 saturated heterocycles. The number of sulfonamides is 1. The molecule has 1 aromatic rings. The number of hydrogen-bond acceptors (Lipinski definition) is 5. The zero-order valence-corrected chi connectivity index (χ0v) is 17.0. The van der Waals surface area contributed by atoms with Crippen LogP contribution in [0.5, 0.6) is 0 Å². The van der Waals surface area contributed by atoms with Gasteiger partial charge in [-0.15, -0.1) is 0 Å². The van der Waals surface area contributed by atoms with Gasteiger partial charge >= 0.3 is 0 Å². The van der Waals surface area contributed by atoms with Gasteiger partial charge < -0.3 is 10.6 Å². The van der Waals surface area contributed by atoms with E-state index >= 15 is 0 Å². The van der Waals surface area contributed by atoms with Crippen LogP contribution >= 0.6 is 0 Å². The standard InChI is InChI=1S/C19H30N4O3S/c1-15-6-7-17(21-19(24)14-22-11-8-20-13-16(22)2)12-18(15)27(25,26)23-9-4-3-5-10-23/h6-7,12,16,20H,3-5,8-11,13-14H2,1-2H3,(H,21,24)/t16-/m1/s1. The van der Waals surface area contributed by atoms with Crippen LogP contribution in [0.1, 0.15) is 31.7 Å². The van der Waals surface area contributed by atoms with Gasteiger partial charge in [0, 0.05) is 44.5 Å². The molecule has 0 aliphatic carbocycles. The van der Waals surface area contributed by atoms with Crippen LogP contribution in [-0.2, 0) is 14.8 Å². The highest BCUT2D eigenvalue weighted by Crippen LogP contribution is 2.26. The molecule has 1 amide bonds. The Morgan fingerprint density at radius 2 is 1.96 bits per heavy atom. The summed E-state index contributed by atoms with van der Waals surface area (Å²) in [7, 11) is -3.52. The Labute approximate surface area is 162 Å². The van der Waals surface area contributed by atoms with E-state index in [9.17, 15) is 13.2 Å². The Hall–Kier alpha value is -1.48. The molecule has 27 heavy (non-hydrogen) atoms. The minimum absolute atomic E-state index is 0.117. The van der Waals surface area contributed by atoms with Gasteiger partial charge in [0.1, 0.15) is 0 Å². The SMILES string of the molecule is Cc1ccc(NC(=O)CN2CCNC[C@H]2C)cc1S(=O)(=O)N1CCCCC1. The first kappa shape index (κ1) is 20.3. The molecule has 0 bridgehead atoms. The number of rotatable bonds is 5. The van der Waals surface area contributed by atoms with Crippen LogP contribution < -0.4 is 10.6 Å². The molecule has 0 saturated carbocycles. The first-order valence-corrected chi connectivity index (χ1v) is 11.2. The fraction of sp³-hybridized carbons (Fsp3) is 0.632. The van der Waals surface area contributed by atoms with Crippen molar-refractivity contribution < 1.29 is 13.2 Å². The Balaban J connectivity index is 1.72. The van der Waals surface area contributed by atoms with E-state index in [4.69, 9.17) is 0 Å². The average molecular weight is 395 g/mol. The Morgan fingerprint density at radius 1 is 1.22 bits per heavy atom. The maximum atomic E-state index is 13.0. The molecule has 0 radical (unpaired) electrons. The van der Waals surface area contributed by atoms with Gasteiger partial charge in [0.15, 0.2) is 0 Å². The molecule has 8 heteroatoms. The number of anilines is 1. The maximum Gasteiger partial charge on any atom is 0.243 e. The zero-order chi connectivity index (χ0) is 19.4. The number of carbonyl (C=O) groups excluding carboxylic acids is 1. The quantitative estimate of drug-likeness (QED) is 0.789. The fourth-order valence-electron chi connectivity index (χ4n) is 3.70. The lowest BCUT2D eigenvalue weighted by Gasteiger charge is -2.33. The van der Waals surface area contributed by atoms with Crippen LogP contribution in [0, 0.1) is 6.92 Å². The second kappa shape index (κ2) is 8.68. The van der Waals surface area contributed by atoms with Crippen molar-refractivity contribution in [2.75, 3.05) is 44.6 Å². The number of nitrogens with zero attached hydrogens (tertiary/aromatic N) is 2. The van der Waals surface area contributed by atoms with Crippen molar-refractivity contribution in [2.24, 2.45) is 0 Å². The molecule has 1 atom stereocenters. The van der Waals surface area contributed by atoms with Crippen molar-refractivity contribution in [3.63, 3.8) is 0 Å². The van der Waals surface area contributed by atoms with E-state index in [1.165, 1.54) is 0 Å². The lowest BCUT2D eigenvalue weighted by molar-refractivity contribution is -0.118. The van der Waals surface area contributed by atoms with Crippen molar-refractivity contribution in [1.82, 2.24) is 14.5 Å². The third-order valence-electron chi connectivity index (χ3n) is 5.39. The Bertz CT molecular complexity index is 775. The van der Waals surface area contributed by atoms with Crippen LogP contribution in [0.2, 0.25) is 0 Å². The molecule has 0 aromatic heterocycles. The smallest absolute Gasteiger partial charge is 0.243 e. The molecule has 0 unspecified atom stereocenters. The zero-order valence-electron chi connectivity index (χ0n) is 16.2. The van der Waals surface area contributed by atoms with Gasteiger partial charge in [0.25, 0.3) is 0 Å². The predicted molar refractivity (Wildman–Crippen MR) is 106 cm³/mol. The van der Waals surface area contributed by atoms with Crippen LogP contribution in [0.15, 0.2) is 23.1 Å². The molecular formula is C19H30N4O3S. The monoisotopic (exact) mass is 394 g/mol. The first-order valence-electron chi connectivity index (χ1n) is 9.73. The summed E-state index contributed by atoms with van der Waals surface area (Å²) in [6.45, 7) is 7.91. The van der Waals surface area contributed by atoms with E-state index in [0.29, 0.717) is 36.9 Å². The van der Waals surface area contributed by atoms with Crippen LogP contribution in [0.25, 0.3) is 0 Å². The topological polar surface area (TPSA) is 81.8 Å². The second-order valence-electron chi connectivity index (χ2n) is 7.52. The molecule has 1 aromatic carbocycles. The molecule has 2 heterocycles. The molecular weight excluding hydrogens is 364 g/mol. The first-order chi connectivity index (χ1) is 12.9. The van der Waals surface area contributed by atoms with Gasteiger partial charge in [-0.3, -0.25) is 9.69 Å². The second-order valence-corrected chi connectivity index (χ2v) is 9.42. The largest absolute Gasteiger partial charge is 0.325 e. The van der Waals surface area contributed by atoms with E-state index in [-0.39, 0.29) is 10.8 Å². The van der Waals surface area contributed by atoms with Crippen molar-refractivity contribution in [3.05, 3.63) is 23.8 Å². The van der Waals surface area contributed by atoms with Gasteiger partial charge in [-0.2, -0.15) is 4.31 Å². The third-order valence-corrected chi connectivity index (χ3v) is 7.43. The van der Waals surface area contributed by atoms with Crippen molar-refractivity contribution >= 4 is 21.6 Å². The highest BCUT2D eigenvalue weighted by molar-refractivity contribution is 7.89. The summed E-state index contributed by atoms with van der Waals surface area (Å²) in [6.07, 6.45) is 2.88. The maximum absolute atomic E-state index is 13.0. The summed E-state index contributed by atoms with van der Waals surface area (Å²) in [5, 5.41) is 6.17. The van der Waals surface area contributed by atoms with E-state index < -0.39 is 10.0 Å². The number of piperidine rings is 1. The number of carbonyl (C=O) groups is 1. The number of aryl methyl sites for hydroxylation is 1. The van der Waals surface area contributed by atoms with Crippen molar-refractivity contribution in [1.29, 1.82) is 0 Å². The molecule has 2 aliphatic heterocycles. The van der Waals surface area contributed by atoms with Gasteiger partial charge in [-0.1, -0.05) is 12.5 Å². The molecule has 150 valence electrons. The van der Waals surface area contributed by atoms with E-state index in [1.54, 1.807) is 29.4 Å². The minimum Gasteiger partial charge on any atom is -0.325 e. The van der Waals surface area contributed by atoms with Gasteiger partial charge in [0.2, 0.25) is 15.9 Å². The summed E-state index contributed by atoms with van der Waals surface area (Å²) in [5.74, 6) is -0.117. The van der Waals surface area contributed by atoms with Crippen molar-refractivity contribution in [2.45, 2.75) is 44.0 Å². The fourth-order valence-corrected chi connectivity index (χ4v) is 5.47. The molecule has 3 rings (SSSR count). The number of piperazine rings is 1. The molecule has 7 nitrogen and oxygen atoms in total. The normalized spacial score (nSPS) is 22.5. The Kier molecular flexibility index (Phi) is 6.52. The predicted octanol–water partition coefficient (Wildman–Crippen LogP) is 1.40. The van der Waals surface area contributed by atoms with Crippen molar-refractivity contribution in [3.8, 4) is 0 Å². The number of hydrogen-bond donors (Lipinski definition) is 2. The third kappa shape index (κ3) is 4.87. The summed E-state index contributed by atoms with van der Waals surface area (Å²) >= 11 is 0. The van der Waals surface area contributed by atoms with E-state index in [1.807, 2.05) is 0 Å². The van der Waals surface area contributed by atoms with Crippen LogP contribution in [0.3, 0.4) is 0 Å². The lowest BCUT2D eigenvalue weighted by atomic mass is 10.2. The van der Waals surface area contributed by atoms with Gasteiger partial charge in [-0.05, 0) is 44.4 Å². The molecule has 0 spiro atoms. The summed E-state index contributed by atoms with van der Waals surface area (Å²) in [5.41, 5.74) is 1.23. The molecule has 2 aliphatic rings. The van der Waals surface area contributed by atoms with Crippen LogP contribution in [0.4, 0.5) is 5.69 Å². The number of nitrogens with one attached hydrogen (secondary N) is 2. The van der Waals surface area contributed by atoms with Crippen LogP contribution in [-0.4, -0.2) is 68.8 Å². The minimum atomic E-state index is -3.52. The Morgan fingerprint density at radius 3 is 2.67 bits per heavy atom. The highest BCUT2D eigenvalue weighted by Gasteiger charge is 2.28. The lowest BCUT2D eigenvalue weighted by Crippen LogP contribution is -2.51.